The molecular weight excluding hydrogens is 348 g/mol. The number of rotatable bonds is 3. The third-order valence-electron chi connectivity index (χ3n) is 1.29. The smallest absolute Gasteiger partial charge is 0.265 e. The van der Waals surface area contributed by atoms with Crippen molar-refractivity contribution < 1.29 is 25.9 Å². The third-order valence-corrected chi connectivity index (χ3v) is 4.04. The van der Waals surface area contributed by atoms with Gasteiger partial charge in [-0.25, -0.2) is 0 Å². The fourth-order valence-electron chi connectivity index (χ4n) is 0.562. The molecule has 0 unspecified atom stereocenters. The second-order valence-corrected chi connectivity index (χ2v) is 7.58. The lowest BCUT2D eigenvalue weighted by Gasteiger charge is -1.92. The SMILES string of the molecule is O=S(=O)(O)CCS(=O)(=O)O.c1cscn1.c1cscn1. The van der Waals surface area contributed by atoms with Gasteiger partial charge in [0.1, 0.15) is 0 Å². The van der Waals surface area contributed by atoms with E-state index >= 15 is 0 Å². The van der Waals surface area contributed by atoms with E-state index in [1.165, 1.54) is 0 Å². The minimum atomic E-state index is -4.30. The molecule has 0 saturated carbocycles. The Morgan fingerprint density at radius 2 is 1.15 bits per heavy atom. The van der Waals surface area contributed by atoms with Gasteiger partial charge in [-0.2, -0.15) is 16.8 Å². The van der Waals surface area contributed by atoms with E-state index in [0.717, 1.165) is 0 Å². The Morgan fingerprint density at radius 3 is 1.25 bits per heavy atom. The van der Waals surface area contributed by atoms with Gasteiger partial charge < -0.3 is 0 Å². The second-order valence-electron chi connectivity index (χ2n) is 2.92. The van der Waals surface area contributed by atoms with E-state index in [0.29, 0.717) is 0 Å². The first kappa shape index (κ1) is 19.1. The number of nitrogens with zero attached hydrogens (tertiary/aromatic N) is 2. The third kappa shape index (κ3) is 17.1. The summed E-state index contributed by atoms with van der Waals surface area (Å²) in [4.78, 5) is 7.48. The monoisotopic (exact) mass is 360 g/mol. The predicted octanol–water partition coefficient (Wildman–Crippen LogP) is 1.05. The molecule has 0 aliphatic rings. The van der Waals surface area contributed by atoms with Crippen molar-refractivity contribution in [3.8, 4) is 0 Å². The molecule has 114 valence electrons. The van der Waals surface area contributed by atoms with Crippen molar-refractivity contribution in [3.05, 3.63) is 34.2 Å². The molecule has 0 radical (unpaired) electrons. The zero-order valence-corrected chi connectivity index (χ0v) is 13.2. The summed E-state index contributed by atoms with van der Waals surface area (Å²) in [5.41, 5.74) is 3.58. The van der Waals surface area contributed by atoms with Crippen molar-refractivity contribution in [3.63, 3.8) is 0 Å². The van der Waals surface area contributed by atoms with Gasteiger partial charge in [-0.1, -0.05) is 0 Å². The normalized spacial score (nSPS) is 10.7. The maximum absolute atomic E-state index is 9.86. The van der Waals surface area contributed by atoms with Gasteiger partial charge in [-0.15, -0.1) is 22.7 Å². The molecule has 2 aromatic heterocycles. The molecule has 0 amide bonds. The molecule has 0 aliphatic carbocycles. The lowest BCUT2D eigenvalue weighted by molar-refractivity contribution is 0.472. The van der Waals surface area contributed by atoms with Crippen molar-refractivity contribution >= 4 is 42.9 Å². The first-order chi connectivity index (χ1) is 9.21. The zero-order chi connectivity index (χ0) is 15.5. The predicted molar refractivity (Wildman–Crippen MR) is 77.1 cm³/mol. The largest absolute Gasteiger partial charge is 0.286 e. The van der Waals surface area contributed by atoms with E-state index in [1.54, 1.807) is 46.1 Å². The van der Waals surface area contributed by atoms with Crippen LogP contribution in [0.15, 0.2) is 34.2 Å². The molecule has 0 aromatic carbocycles. The fourth-order valence-corrected chi connectivity index (χ4v) is 2.95. The standard InChI is InChI=1S/2C3H3NS.C2H6O6S2/c2*1-2-5-3-4-1;3-9(4,5)1-2-10(6,7)8/h2*1-3H;1-2H2,(H,3,4,5)(H,6,7,8). The molecule has 0 fully saturated rings. The Labute approximate surface area is 124 Å². The Hall–Kier alpha value is -0.920. The molecule has 2 aromatic rings. The molecule has 2 rings (SSSR count). The average molecular weight is 360 g/mol. The lowest BCUT2D eigenvalue weighted by Crippen LogP contribution is -2.15. The van der Waals surface area contributed by atoms with Crippen LogP contribution in [0.25, 0.3) is 0 Å². The van der Waals surface area contributed by atoms with Gasteiger partial charge in [0.2, 0.25) is 0 Å². The Morgan fingerprint density at radius 1 is 0.800 bits per heavy atom. The molecule has 2 N–H and O–H groups in total. The summed E-state index contributed by atoms with van der Waals surface area (Å²) in [6.45, 7) is 0. The Kier molecular flexibility index (Phi) is 9.45. The van der Waals surface area contributed by atoms with E-state index < -0.39 is 31.7 Å². The van der Waals surface area contributed by atoms with Gasteiger partial charge >= 0.3 is 0 Å². The molecule has 0 aliphatic heterocycles. The van der Waals surface area contributed by atoms with Crippen LogP contribution in [-0.2, 0) is 20.2 Å². The molecule has 20 heavy (non-hydrogen) atoms. The first-order valence-electron chi connectivity index (χ1n) is 4.75. The summed E-state index contributed by atoms with van der Waals surface area (Å²) in [5.74, 6) is -1.96. The van der Waals surface area contributed by atoms with Crippen molar-refractivity contribution in [1.82, 2.24) is 9.97 Å². The van der Waals surface area contributed by atoms with E-state index in [2.05, 4.69) is 9.97 Å². The minimum absolute atomic E-state index is 0.980. The van der Waals surface area contributed by atoms with Crippen molar-refractivity contribution in [2.75, 3.05) is 11.5 Å². The van der Waals surface area contributed by atoms with Crippen LogP contribution in [0, 0.1) is 0 Å². The summed E-state index contributed by atoms with van der Waals surface area (Å²) < 4.78 is 55.4. The van der Waals surface area contributed by atoms with Gasteiger partial charge in [0.05, 0.1) is 22.5 Å². The van der Waals surface area contributed by atoms with Crippen LogP contribution in [0.4, 0.5) is 0 Å². The number of aromatic nitrogens is 2. The summed E-state index contributed by atoms with van der Waals surface area (Å²) in [6.07, 6.45) is 3.54. The molecule has 12 heteroatoms. The summed E-state index contributed by atoms with van der Waals surface area (Å²) in [6, 6.07) is 0. The van der Waals surface area contributed by atoms with Crippen molar-refractivity contribution in [2.24, 2.45) is 0 Å². The number of thiazole rings is 2. The molecule has 0 atom stereocenters. The highest BCUT2D eigenvalue weighted by Crippen LogP contribution is 1.87. The molecule has 0 spiro atoms. The quantitative estimate of drug-likeness (QED) is 0.775. The van der Waals surface area contributed by atoms with Crippen molar-refractivity contribution in [2.45, 2.75) is 0 Å². The number of hydrogen-bond donors (Lipinski definition) is 2. The van der Waals surface area contributed by atoms with E-state index in [9.17, 15) is 16.8 Å². The minimum Gasteiger partial charge on any atom is -0.286 e. The van der Waals surface area contributed by atoms with Gasteiger partial charge in [0.25, 0.3) is 20.2 Å². The summed E-state index contributed by atoms with van der Waals surface area (Å²) in [5, 5.41) is 3.86. The molecule has 0 bridgehead atoms. The van der Waals surface area contributed by atoms with E-state index in [-0.39, 0.29) is 0 Å². The van der Waals surface area contributed by atoms with Crippen LogP contribution in [0.5, 0.6) is 0 Å². The van der Waals surface area contributed by atoms with Gasteiger partial charge in [0, 0.05) is 23.2 Å². The first-order valence-corrected chi connectivity index (χ1v) is 9.86. The topological polar surface area (TPSA) is 135 Å². The van der Waals surface area contributed by atoms with Gasteiger partial charge in [-0.05, 0) is 0 Å². The molecule has 8 nitrogen and oxygen atoms in total. The highest BCUT2D eigenvalue weighted by atomic mass is 32.2. The zero-order valence-electron chi connectivity index (χ0n) is 9.93. The van der Waals surface area contributed by atoms with Gasteiger partial charge in [0.15, 0.2) is 0 Å². The lowest BCUT2D eigenvalue weighted by atomic mass is 11.0. The van der Waals surface area contributed by atoms with Crippen LogP contribution in [0.2, 0.25) is 0 Å². The summed E-state index contributed by atoms with van der Waals surface area (Å²) in [7, 11) is -8.59. The second kappa shape index (κ2) is 9.90. The van der Waals surface area contributed by atoms with Crippen LogP contribution in [0.3, 0.4) is 0 Å². The van der Waals surface area contributed by atoms with Crippen LogP contribution in [-0.4, -0.2) is 47.4 Å². The Balaban J connectivity index is 0.000000298. The van der Waals surface area contributed by atoms with Crippen LogP contribution < -0.4 is 0 Å². The average Bonchev–Trinajstić information content (AvgIpc) is 3.03. The highest BCUT2D eigenvalue weighted by molar-refractivity contribution is 7.89. The van der Waals surface area contributed by atoms with E-state index in [4.69, 9.17) is 9.11 Å². The van der Waals surface area contributed by atoms with E-state index in [1.807, 2.05) is 10.8 Å². The molecule has 0 saturated heterocycles. The maximum atomic E-state index is 9.86. The Bertz CT molecular complexity index is 528. The van der Waals surface area contributed by atoms with Crippen LogP contribution >= 0.6 is 22.7 Å². The summed E-state index contributed by atoms with van der Waals surface area (Å²) >= 11 is 3.20. The van der Waals surface area contributed by atoms with Crippen LogP contribution in [0.1, 0.15) is 0 Å². The number of hydrogen-bond acceptors (Lipinski definition) is 8. The maximum Gasteiger partial charge on any atom is 0.265 e. The van der Waals surface area contributed by atoms with Crippen molar-refractivity contribution in [1.29, 1.82) is 0 Å². The highest BCUT2D eigenvalue weighted by Gasteiger charge is 2.11. The molecular formula is C8H12N2O6S4. The fraction of sp³-hybridized carbons (Fsp3) is 0.250. The molecule has 2 heterocycles. The van der Waals surface area contributed by atoms with Gasteiger partial charge in [-0.3, -0.25) is 19.1 Å².